The molecule has 1 amide bonds. The first-order chi connectivity index (χ1) is 13.9. The highest BCUT2D eigenvalue weighted by Crippen LogP contribution is 2.28. The zero-order chi connectivity index (χ0) is 21.0. The molecule has 0 N–H and O–H groups in total. The number of aromatic nitrogens is 2. The van der Waals surface area contributed by atoms with Gasteiger partial charge in [-0.2, -0.15) is 0 Å². The molecule has 1 aromatic heterocycles. The van der Waals surface area contributed by atoms with Gasteiger partial charge in [0.15, 0.2) is 0 Å². The molecule has 0 spiro atoms. The Bertz CT molecular complexity index is 845. The van der Waals surface area contributed by atoms with E-state index in [-0.39, 0.29) is 17.6 Å². The largest absolute Gasteiger partial charge is 0.353 e. The lowest BCUT2D eigenvalue weighted by atomic mass is 10.0. The maximum Gasteiger partial charge on any atom is 0.219 e. The first-order valence-electron chi connectivity index (χ1n) is 10.6. The van der Waals surface area contributed by atoms with Gasteiger partial charge in [-0.3, -0.25) is 4.79 Å². The molecule has 1 aliphatic heterocycles. The smallest absolute Gasteiger partial charge is 0.219 e. The molecule has 29 heavy (non-hydrogen) atoms. The predicted octanol–water partition coefficient (Wildman–Crippen LogP) is 3.95. The summed E-state index contributed by atoms with van der Waals surface area (Å²) in [6.07, 6.45) is 2.48. The molecule has 0 bridgehead atoms. The third-order valence-electron chi connectivity index (χ3n) is 5.79. The Morgan fingerprint density at radius 2 is 1.76 bits per heavy atom. The van der Waals surface area contributed by atoms with Crippen molar-refractivity contribution >= 4 is 11.7 Å². The molecule has 1 aromatic carbocycles. The molecule has 2 heterocycles. The quantitative estimate of drug-likeness (QED) is 0.739. The van der Waals surface area contributed by atoms with E-state index in [0.29, 0.717) is 19.5 Å². The highest BCUT2D eigenvalue weighted by atomic mass is 19.1. The summed E-state index contributed by atoms with van der Waals surface area (Å²) in [6.45, 7) is 11.0. The second-order valence-corrected chi connectivity index (χ2v) is 7.79. The second kappa shape index (κ2) is 9.33. The Labute approximate surface area is 173 Å². The Morgan fingerprint density at radius 3 is 2.31 bits per heavy atom. The van der Waals surface area contributed by atoms with Crippen molar-refractivity contribution in [1.29, 1.82) is 0 Å². The Balaban J connectivity index is 2.00. The van der Waals surface area contributed by atoms with Crippen LogP contribution in [0.15, 0.2) is 24.3 Å². The molecule has 1 aliphatic rings. The van der Waals surface area contributed by atoms with Crippen LogP contribution >= 0.6 is 0 Å². The predicted molar refractivity (Wildman–Crippen MR) is 114 cm³/mol. The Morgan fingerprint density at radius 1 is 1.10 bits per heavy atom. The first-order valence-corrected chi connectivity index (χ1v) is 10.6. The number of hydrogen-bond acceptors (Lipinski definition) is 4. The van der Waals surface area contributed by atoms with Gasteiger partial charge < -0.3 is 9.80 Å². The lowest BCUT2D eigenvalue weighted by Gasteiger charge is -2.36. The van der Waals surface area contributed by atoms with Crippen LogP contribution in [0.4, 0.5) is 10.2 Å². The van der Waals surface area contributed by atoms with Gasteiger partial charge >= 0.3 is 0 Å². The molecule has 0 saturated carbocycles. The number of carbonyl (C=O) groups excluding carboxylic acids is 1. The zero-order valence-electron chi connectivity index (χ0n) is 17.9. The van der Waals surface area contributed by atoms with Gasteiger partial charge in [0, 0.05) is 56.7 Å². The van der Waals surface area contributed by atoms with Gasteiger partial charge in [0.25, 0.3) is 0 Å². The molecule has 3 rings (SSSR count). The van der Waals surface area contributed by atoms with Gasteiger partial charge in [-0.25, -0.2) is 14.4 Å². The van der Waals surface area contributed by atoms with Crippen molar-refractivity contribution in [2.45, 2.75) is 52.9 Å². The molecular formula is C23H31FN4O. The third kappa shape index (κ3) is 4.92. The SMILES string of the molecule is CCc1nc([C@H](C)CC)nc(N2CCN(C(C)=O)CC2)c1Cc1ccc(F)cc1. The molecule has 0 aliphatic carbocycles. The maximum absolute atomic E-state index is 13.4. The van der Waals surface area contributed by atoms with Gasteiger partial charge in [-0.05, 0) is 30.5 Å². The summed E-state index contributed by atoms with van der Waals surface area (Å²) < 4.78 is 13.4. The lowest BCUT2D eigenvalue weighted by molar-refractivity contribution is -0.129. The van der Waals surface area contributed by atoms with Gasteiger partial charge in [-0.15, -0.1) is 0 Å². The van der Waals surface area contributed by atoms with Crippen molar-refractivity contribution in [3.63, 3.8) is 0 Å². The number of carbonyl (C=O) groups is 1. The average molecular weight is 399 g/mol. The van der Waals surface area contributed by atoms with Crippen molar-refractivity contribution < 1.29 is 9.18 Å². The minimum absolute atomic E-state index is 0.119. The number of aryl methyl sites for hydroxylation is 1. The van der Waals surface area contributed by atoms with Gasteiger partial charge in [0.05, 0.1) is 0 Å². The normalized spacial score (nSPS) is 15.5. The van der Waals surface area contributed by atoms with Crippen LogP contribution in [-0.2, 0) is 17.6 Å². The molecule has 0 radical (unpaired) electrons. The summed E-state index contributed by atoms with van der Waals surface area (Å²) in [5, 5.41) is 0. The minimum atomic E-state index is -0.228. The summed E-state index contributed by atoms with van der Waals surface area (Å²) >= 11 is 0. The van der Waals surface area contributed by atoms with E-state index in [2.05, 4.69) is 25.7 Å². The molecule has 1 saturated heterocycles. The minimum Gasteiger partial charge on any atom is -0.353 e. The van der Waals surface area contributed by atoms with Crippen LogP contribution in [0, 0.1) is 5.82 Å². The monoisotopic (exact) mass is 398 g/mol. The van der Waals surface area contributed by atoms with E-state index in [1.807, 2.05) is 17.0 Å². The second-order valence-electron chi connectivity index (χ2n) is 7.79. The number of hydrogen-bond donors (Lipinski definition) is 0. The molecule has 6 heteroatoms. The van der Waals surface area contributed by atoms with Crippen LogP contribution in [0.1, 0.15) is 62.7 Å². The average Bonchev–Trinajstić information content (AvgIpc) is 2.74. The van der Waals surface area contributed by atoms with Gasteiger partial charge in [0.1, 0.15) is 17.5 Å². The number of nitrogens with zero attached hydrogens (tertiary/aromatic N) is 4. The number of halogens is 1. The van der Waals surface area contributed by atoms with Crippen LogP contribution in [0.3, 0.4) is 0 Å². The fourth-order valence-electron chi connectivity index (χ4n) is 3.71. The summed E-state index contributed by atoms with van der Waals surface area (Å²) in [5.41, 5.74) is 3.22. The van der Waals surface area contributed by atoms with Gasteiger partial charge in [0.2, 0.25) is 5.91 Å². The molecular weight excluding hydrogens is 367 g/mol. The fraction of sp³-hybridized carbons (Fsp3) is 0.522. The molecule has 0 unspecified atom stereocenters. The first kappa shape index (κ1) is 21.2. The summed E-state index contributed by atoms with van der Waals surface area (Å²) in [7, 11) is 0. The van der Waals surface area contributed by atoms with Gasteiger partial charge in [-0.1, -0.05) is 32.9 Å². The van der Waals surface area contributed by atoms with E-state index in [0.717, 1.165) is 54.4 Å². The van der Waals surface area contributed by atoms with Crippen molar-refractivity contribution in [2.75, 3.05) is 31.1 Å². The number of rotatable bonds is 6. The molecule has 2 aromatic rings. The summed E-state index contributed by atoms with van der Waals surface area (Å²) in [6, 6.07) is 6.66. The number of amides is 1. The molecule has 1 atom stereocenters. The van der Waals surface area contributed by atoms with E-state index < -0.39 is 0 Å². The van der Waals surface area contributed by atoms with Crippen molar-refractivity contribution in [1.82, 2.24) is 14.9 Å². The van der Waals surface area contributed by atoms with Crippen LogP contribution in [0.5, 0.6) is 0 Å². The number of anilines is 1. The standard InChI is InChI=1S/C23H31FN4O/c1-5-16(3)22-25-21(6-2)20(15-18-7-9-19(24)10-8-18)23(26-22)28-13-11-27(12-14-28)17(4)29/h7-10,16H,5-6,11-15H2,1-4H3/t16-/m1/s1. The van der Waals surface area contributed by atoms with Crippen LogP contribution < -0.4 is 4.90 Å². The van der Waals surface area contributed by atoms with Crippen LogP contribution in [-0.4, -0.2) is 47.0 Å². The lowest BCUT2D eigenvalue weighted by Crippen LogP contribution is -2.48. The zero-order valence-corrected chi connectivity index (χ0v) is 17.9. The van der Waals surface area contributed by atoms with E-state index in [1.54, 1.807) is 6.92 Å². The summed E-state index contributed by atoms with van der Waals surface area (Å²) in [5.74, 6) is 2.04. The summed E-state index contributed by atoms with van der Waals surface area (Å²) in [4.78, 5) is 25.8. The maximum atomic E-state index is 13.4. The Kier molecular flexibility index (Phi) is 6.83. The van der Waals surface area contributed by atoms with Crippen LogP contribution in [0.2, 0.25) is 0 Å². The van der Waals surface area contributed by atoms with E-state index >= 15 is 0 Å². The highest BCUT2D eigenvalue weighted by molar-refractivity contribution is 5.73. The van der Waals surface area contributed by atoms with E-state index in [1.165, 1.54) is 12.1 Å². The molecule has 156 valence electrons. The Hall–Kier alpha value is -2.50. The van der Waals surface area contributed by atoms with Crippen molar-refractivity contribution in [3.8, 4) is 0 Å². The number of piperazine rings is 1. The van der Waals surface area contributed by atoms with Crippen molar-refractivity contribution in [3.05, 3.63) is 52.7 Å². The van der Waals surface area contributed by atoms with E-state index in [4.69, 9.17) is 9.97 Å². The third-order valence-corrected chi connectivity index (χ3v) is 5.79. The molecule has 1 fully saturated rings. The molecule has 5 nitrogen and oxygen atoms in total. The van der Waals surface area contributed by atoms with Crippen LogP contribution in [0.25, 0.3) is 0 Å². The highest BCUT2D eigenvalue weighted by Gasteiger charge is 2.25. The topological polar surface area (TPSA) is 49.3 Å². The fourth-order valence-corrected chi connectivity index (χ4v) is 3.71. The number of benzene rings is 1. The van der Waals surface area contributed by atoms with E-state index in [9.17, 15) is 9.18 Å². The van der Waals surface area contributed by atoms with Crippen molar-refractivity contribution in [2.24, 2.45) is 0 Å².